The first-order valence-corrected chi connectivity index (χ1v) is 3.80. The third-order valence-electron chi connectivity index (χ3n) is 1.65. The SMILES string of the molecule is N#Cc1cc2c(N)[nH]nc2nc1Cl. The quantitative estimate of drug-likeness (QED) is 0.612. The van der Waals surface area contributed by atoms with Crippen LogP contribution in [-0.4, -0.2) is 15.2 Å². The van der Waals surface area contributed by atoms with E-state index in [1.54, 1.807) is 6.07 Å². The maximum atomic E-state index is 8.66. The zero-order chi connectivity index (χ0) is 9.42. The van der Waals surface area contributed by atoms with Crippen LogP contribution in [0.1, 0.15) is 5.56 Å². The van der Waals surface area contributed by atoms with E-state index in [4.69, 9.17) is 22.6 Å². The smallest absolute Gasteiger partial charge is 0.184 e. The fourth-order valence-corrected chi connectivity index (χ4v) is 1.19. The summed E-state index contributed by atoms with van der Waals surface area (Å²) in [5.41, 5.74) is 6.25. The second-order valence-corrected chi connectivity index (χ2v) is 2.81. The molecule has 0 bridgehead atoms. The molecule has 0 aliphatic heterocycles. The molecule has 0 saturated carbocycles. The number of anilines is 1. The second kappa shape index (κ2) is 2.61. The molecule has 13 heavy (non-hydrogen) atoms. The fourth-order valence-electron chi connectivity index (χ4n) is 1.02. The molecule has 0 fully saturated rings. The number of pyridine rings is 1. The highest BCUT2D eigenvalue weighted by Gasteiger charge is 2.08. The lowest BCUT2D eigenvalue weighted by atomic mass is 10.2. The predicted molar refractivity (Wildman–Crippen MR) is 48.0 cm³/mol. The average Bonchev–Trinajstić information content (AvgIpc) is 2.46. The minimum absolute atomic E-state index is 0.140. The highest BCUT2D eigenvalue weighted by Crippen LogP contribution is 2.21. The summed E-state index contributed by atoms with van der Waals surface area (Å²) < 4.78 is 0. The Morgan fingerprint density at radius 2 is 2.38 bits per heavy atom. The van der Waals surface area contributed by atoms with Gasteiger partial charge in [0.15, 0.2) is 5.65 Å². The van der Waals surface area contributed by atoms with Crippen molar-refractivity contribution in [3.8, 4) is 6.07 Å². The zero-order valence-corrected chi connectivity index (χ0v) is 7.13. The minimum atomic E-state index is 0.140. The van der Waals surface area contributed by atoms with Gasteiger partial charge < -0.3 is 5.73 Å². The van der Waals surface area contributed by atoms with Crippen molar-refractivity contribution in [3.05, 3.63) is 16.8 Å². The summed E-state index contributed by atoms with van der Waals surface area (Å²) in [7, 11) is 0. The fraction of sp³-hybridized carbons (Fsp3) is 0. The molecule has 2 heterocycles. The van der Waals surface area contributed by atoms with Gasteiger partial charge in [0.2, 0.25) is 0 Å². The molecule has 3 N–H and O–H groups in total. The summed E-state index contributed by atoms with van der Waals surface area (Å²) in [6.07, 6.45) is 0. The predicted octanol–water partition coefficient (Wildman–Crippen LogP) is 1.07. The molecule has 0 aliphatic carbocycles. The van der Waals surface area contributed by atoms with E-state index in [1.807, 2.05) is 6.07 Å². The Morgan fingerprint density at radius 3 is 3.08 bits per heavy atom. The highest BCUT2D eigenvalue weighted by atomic mass is 35.5. The maximum absolute atomic E-state index is 8.66. The van der Waals surface area contributed by atoms with Crippen LogP contribution in [0.5, 0.6) is 0 Å². The summed E-state index contributed by atoms with van der Waals surface area (Å²) in [5, 5.41) is 15.8. The van der Waals surface area contributed by atoms with Crippen LogP contribution in [0.25, 0.3) is 11.0 Å². The number of aromatic nitrogens is 3. The topological polar surface area (TPSA) is 91.4 Å². The lowest BCUT2D eigenvalue weighted by molar-refractivity contribution is 1.10. The summed E-state index contributed by atoms with van der Waals surface area (Å²) in [6, 6.07) is 3.47. The van der Waals surface area contributed by atoms with E-state index in [2.05, 4.69) is 15.2 Å². The number of nitriles is 1. The van der Waals surface area contributed by atoms with Gasteiger partial charge in [0.25, 0.3) is 0 Å². The number of nitrogens with one attached hydrogen (secondary N) is 1. The van der Waals surface area contributed by atoms with E-state index in [9.17, 15) is 0 Å². The number of hydrogen-bond acceptors (Lipinski definition) is 4. The zero-order valence-electron chi connectivity index (χ0n) is 6.37. The molecule has 0 radical (unpaired) electrons. The van der Waals surface area contributed by atoms with Crippen LogP contribution in [0.3, 0.4) is 0 Å². The Bertz CT molecular complexity index is 509. The Kier molecular flexibility index (Phi) is 1.57. The van der Waals surface area contributed by atoms with Gasteiger partial charge >= 0.3 is 0 Å². The number of H-pyrrole nitrogens is 1. The Labute approximate surface area is 78.1 Å². The van der Waals surface area contributed by atoms with Crippen molar-refractivity contribution in [1.82, 2.24) is 15.2 Å². The second-order valence-electron chi connectivity index (χ2n) is 2.45. The number of hydrogen-bond donors (Lipinski definition) is 2. The number of fused-ring (bicyclic) bond motifs is 1. The first-order chi connectivity index (χ1) is 6.22. The summed E-state index contributed by atoms with van der Waals surface area (Å²) >= 11 is 5.68. The highest BCUT2D eigenvalue weighted by molar-refractivity contribution is 6.31. The van der Waals surface area contributed by atoms with Gasteiger partial charge in [-0.3, -0.25) is 5.10 Å². The van der Waals surface area contributed by atoms with Crippen molar-refractivity contribution in [2.45, 2.75) is 0 Å². The van der Waals surface area contributed by atoms with Crippen LogP contribution in [0.4, 0.5) is 5.82 Å². The number of halogens is 1. The molecule has 0 atom stereocenters. The van der Waals surface area contributed by atoms with Gasteiger partial charge in [-0.2, -0.15) is 10.4 Å². The molecule has 0 spiro atoms. The molecule has 5 nitrogen and oxygen atoms in total. The monoisotopic (exact) mass is 193 g/mol. The number of nitrogens with zero attached hydrogens (tertiary/aromatic N) is 3. The van der Waals surface area contributed by atoms with Crippen molar-refractivity contribution in [2.24, 2.45) is 0 Å². The lowest BCUT2D eigenvalue weighted by Crippen LogP contribution is -1.86. The van der Waals surface area contributed by atoms with E-state index in [0.29, 0.717) is 22.4 Å². The molecular weight excluding hydrogens is 190 g/mol. The van der Waals surface area contributed by atoms with Gasteiger partial charge in [0.1, 0.15) is 17.0 Å². The molecular formula is C7H4ClN5. The van der Waals surface area contributed by atoms with Crippen LogP contribution in [0, 0.1) is 11.3 Å². The first-order valence-electron chi connectivity index (χ1n) is 3.42. The van der Waals surface area contributed by atoms with Crippen LogP contribution in [-0.2, 0) is 0 Å². The Hall–Kier alpha value is -1.80. The van der Waals surface area contributed by atoms with E-state index < -0.39 is 0 Å². The van der Waals surface area contributed by atoms with Crippen LogP contribution >= 0.6 is 11.6 Å². The van der Waals surface area contributed by atoms with E-state index in [1.165, 1.54) is 0 Å². The number of nitrogen functional groups attached to an aromatic ring is 1. The van der Waals surface area contributed by atoms with E-state index in [-0.39, 0.29) is 5.15 Å². The molecule has 2 aromatic heterocycles. The van der Waals surface area contributed by atoms with Crippen molar-refractivity contribution in [2.75, 3.05) is 5.73 Å². The van der Waals surface area contributed by atoms with Gasteiger partial charge in [0.05, 0.1) is 10.9 Å². The van der Waals surface area contributed by atoms with Crippen LogP contribution in [0.15, 0.2) is 6.07 Å². The van der Waals surface area contributed by atoms with Gasteiger partial charge in [0, 0.05) is 0 Å². The van der Waals surface area contributed by atoms with Gasteiger partial charge in [-0.05, 0) is 6.07 Å². The van der Waals surface area contributed by atoms with Crippen LogP contribution < -0.4 is 5.73 Å². The van der Waals surface area contributed by atoms with Crippen molar-refractivity contribution < 1.29 is 0 Å². The minimum Gasteiger partial charge on any atom is -0.384 e. The molecule has 0 aromatic carbocycles. The molecule has 0 aliphatic rings. The molecule has 0 saturated heterocycles. The van der Waals surface area contributed by atoms with Crippen molar-refractivity contribution >= 4 is 28.5 Å². The maximum Gasteiger partial charge on any atom is 0.184 e. The van der Waals surface area contributed by atoms with Crippen LogP contribution in [0.2, 0.25) is 5.15 Å². The summed E-state index contributed by atoms with van der Waals surface area (Å²) in [5.74, 6) is 0.385. The van der Waals surface area contributed by atoms with Gasteiger partial charge in [-0.1, -0.05) is 11.6 Å². The molecule has 0 unspecified atom stereocenters. The molecule has 6 heteroatoms. The Morgan fingerprint density at radius 1 is 1.62 bits per heavy atom. The molecule has 0 amide bonds. The van der Waals surface area contributed by atoms with E-state index >= 15 is 0 Å². The first kappa shape index (κ1) is 7.83. The van der Waals surface area contributed by atoms with Gasteiger partial charge in [-0.25, -0.2) is 4.98 Å². The average molecular weight is 194 g/mol. The van der Waals surface area contributed by atoms with Crippen molar-refractivity contribution in [1.29, 1.82) is 5.26 Å². The largest absolute Gasteiger partial charge is 0.384 e. The van der Waals surface area contributed by atoms with Gasteiger partial charge in [-0.15, -0.1) is 0 Å². The Balaban J connectivity index is 2.86. The summed E-state index contributed by atoms with van der Waals surface area (Å²) in [6.45, 7) is 0. The van der Waals surface area contributed by atoms with E-state index in [0.717, 1.165) is 0 Å². The van der Waals surface area contributed by atoms with Crippen molar-refractivity contribution in [3.63, 3.8) is 0 Å². The molecule has 2 rings (SSSR count). The summed E-state index contributed by atoms with van der Waals surface area (Å²) in [4.78, 5) is 3.89. The number of nitrogens with two attached hydrogens (primary N) is 1. The number of rotatable bonds is 0. The lowest BCUT2D eigenvalue weighted by Gasteiger charge is -1.93. The standard InChI is InChI=1S/C7H4ClN5/c8-5-3(2-9)1-4-6(10)12-13-7(4)11-5/h1H,(H3,10,11,12,13). The molecule has 2 aromatic rings. The third kappa shape index (κ3) is 1.08. The normalized spacial score (nSPS) is 10.2. The molecule has 64 valence electrons. The number of aromatic amines is 1. The third-order valence-corrected chi connectivity index (χ3v) is 1.94.